The van der Waals surface area contributed by atoms with Crippen molar-refractivity contribution in [2.45, 2.75) is 31.8 Å². The molecule has 8 heteroatoms. The second kappa shape index (κ2) is 8.57. The third-order valence-electron chi connectivity index (χ3n) is 8.07. The van der Waals surface area contributed by atoms with Crippen LogP contribution in [0.2, 0.25) is 0 Å². The number of fused-ring (bicyclic) bond motifs is 2. The maximum absolute atomic E-state index is 14.2. The predicted molar refractivity (Wildman–Crippen MR) is 131 cm³/mol. The van der Waals surface area contributed by atoms with Crippen LogP contribution in [-0.2, 0) is 24.4 Å². The maximum atomic E-state index is 14.2. The number of allylic oxidation sites excluding steroid dienone is 2. The van der Waals surface area contributed by atoms with E-state index in [2.05, 4.69) is 13.8 Å². The Kier molecular flexibility index (Phi) is 5.44. The van der Waals surface area contributed by atoms with Crippen LogP contribution in [0, 0.1) is 11.8 Å². The quantitative estimate of drug-likeness (QED) is 0.557. The van der Waals surface area contributed by atoms with Gasteiger partial charge in [0.25, 0.3) is 0 Å². The number of hydrogen-bond donors (Lipinski definition) is 0. The van der Waals surface area contributed by atoms with Gasteiger partial charge in [0.05, 0.1) is 19.8 Å². The first-order valence-electron chi connectivity index (χ1n) is 12.3. The molecule has 0 fully saturated rings. The largest absolute Gasteiger partial charge is 0.493 e. The van der Waals surface area contributed by atoms with Crippen molar-refractivity contribution in [3.8, 4) is 17.2 Å². The van der Waals surface area contributed by atoms with Crippen LogP contribution in [-0.4, -0.2) is 39.4 Å². The molecule has 0 aromatic heterocycles. The molecule has 2 heterocycles. The van der Waals surface area contributed by atoms with E-state index in [0.717, 1.165) is 5.57 Å². The van der Waals surface area contributed by atoms with Gasteiger partial charge in [-0.25, -0.2) is 4.79 Å². The molecule has 1 unspecified atom stereocenters. The number of esters is 1. The first-order chi connectivity index (χ1) is 17.9. The number of carbonyl (C=O) groups excluding carboxylic acids is 2. The summed E-state index contributed by atoms with van der Waals surface area (Å²) in [7, 11) is 2.98. The fourth-order valence-electron chi connectivity index (χ4n) is 5.94. The summed E-state index contributed by atoms with van der Waals surface area (Å²) in [5.41, 5.74) is 1.49. The third kappa shape index (κ3) is 3.27. The van der Waals surface area contributed by atoms with Crippen molar-refractivity contribution in [1.82, 2.24) is 0 Å². The zero-order chi connectivity index (χ0) is 25.9. The molecule has 0 bridgehead atoms. The van der Waals surface area contributed by atoms with Crippen LogP contribution >= 0.6 is 0 Å². The second-order valence-electron chi connectivity index (χ2n) is 9.93. The molecule has 37 heavy (non-hydrogen) atoms. The molecule has 1 spiro atoms. The number of benzene rings is 2. The van der Waals surface area contributed by atoms with Gasteiger partial charge in [-0.05, 0) is 42.2 Å². The number of Topliss-reactive ketones (excluding diaryl/α,β-unsaturated/α-hetero) is 1. The van der Waals surface area contributed by atoms with Crippen molar-refractivity contribution in [1.29, 1.82) is 0 Å². The minimum atomic E-state index is -1.16. The summed E-state index contributed by atoms with van der Waals surface area (Å²) in [4.78, 5) is 27.5. The molecule has 0 amide bonds. The van der Waals surface area contributed by atoms with Crippen LogP contribution in [0.1, 0.15) is 47.9 Å². The van der Waals surface area contributed by atoms with Gasteiger partial charge in [0.1, 0.15) is 18.1 Å². The number of hydrogen-bond acceptors (Lipinski definition) is 8. The highest BCUT2D eigenvalue weighted by molar-refractivity contribution is 6.08. The van der Waals surface area contributed by atoms with Gasteiger partial charge in [-0.3, -0.25) is 4.79 Å². The van der Waals surface area contributed by atoms with E-state index in [1.807, 2.05) is 18.2 Å². The van der Waals surface area contributed by atoms with E-state index in [1.54, 1.807) is 24.3 Å². The Balaban J connectivity index is 1.59. The average Bonchev–Trinajstić information content (AvgIpc) is 3.54. The summed E-state index contributed by atoms with van der Waals surface area (Å²) >= 11 is 0. The first-order valence-corrected chi connectivity index (χ1v) is 12.3. The van der Waals surface area contributed by atoms with Crippen LogP contribution in [0.15, 0.2) is 59.6 Å². The standard InChI is InChI=1S/C29H28O8/c1-15-10-18-11-20(32-3)25(33-4)27(30)29(18)13-34-26-22(29)19(12-21-24(26)36-14-35-21)23(16(15)2)37-28(31)17-8-6-5-7-9-17/h5-9,11-12,15-16,23H,10,13-14H2,1-4H3/t15-,16-,23+,29?/m0/s1. The van der Waals surface area contributed by atoms with Gasteiger partial charge in [-0.15, -0.1) is 0 Å². The molecule has 0 saturated heterocycles. The molecule has 0 saturated carbocycles. The van der Waals surface area contributed by atoms with Crippen molar-refractivity contribution >= 4 is 11.8 Å². The van der Waals surface area contributed by atoms with Gasteiger partial charge in [-0.2, -0.15) is 0 Å². The molecule has 8 nitrogen and oxygen atoms in total. The lowest BCUT2D eigenvalue weighted by Crippen LogP contribution is -2.46. The van der Waals surface area contributed by atoms with Gasteiger partial charge < -0.3 is 28.4 Å². The topological polar surface area (TPSA) is 89.5 Å². The molecule has 2 aliphatic carbocycles. The van der Waals surface area contributed by atoms with Crippen molar-refractivity contribution < 1.29 is 38.0 Å². The Bertz CT molecular complexity index is 1360. The van der Waals surface area contributed by atoms with E-state index < -0.39 is 17.5 Å². The van der Waals surface area contributed by atoms with E-state index in [0.29, 0.717) is 46.1 Å². The monoisotopic (exact) mass is 504 g/mol. The van der Waals surface area contributed by atoms with Crippen molar-refractivity contribution in [3.63, 3.8) is 0 Å². The van der Waals surface area contributed by atoms with E-state index in [1.165, 1.54) is 14.2 Å². The normalized spacial score (nSPS) is 27.3. The van der Waals surface area contributed by atoms with Gasteiger partial charge in [0.2, 0.25) is 24.1 Å². The zero-order valence-electron chi connectivity index (χ0n) is 21.2. The highest BCUT2D eigenvalue weighted by atomic mass is 16.7. The van der Waals surface area contributed by atoms with E-state index in [9.17, 15) is 9.59 Å². The van der Waals surface area contributed by atoms with Gasteiger partial charge in [-0.1, -0.05) is 32.0 Å². The molecule has 192 valence electrons. The van der Waals surface area contributed by atoms with Crippen molar-refractivity contribution in [2.24, 2.45) is 11.8 Å². The Morgan fingerprint density at radius 1 is 1.03 bits per heavy atom. The van der Waals surface area contributed by atoms with Crippen molar-refractivity contribution in [2.75, 3.05) is 27.6 Å². The minimum Gasteiger partial charge on any atom is -0.493 e. The summed E-state index contributed by atoms with van der Waals surface area (Å²) in [6, 6.07) is 10.7. The van der Waals surface area contributed by atoms with E-state index in [4.69, 9.17) is 28.4 Å². The summed E-state index contributed by atoms with van der Waals surface area (Å²) in [6.45, 7) is 4.27. The number of ether oxygens (including phenoxy) is 6. The number of methoxy groups -OCH3 is 2. The third-order valence-corrected chi connectivity index (χ3v) is 8.07. The lowest BCUT2D eigenvalue weighted by Gasteiger charge is -2.41. The molecular weight excluding hydrogens is 476 g/mol. The number of carbonyl (C=O) groups is 2. The van der Waals surface area contributed by atoms with Crippen molar-refractivity contribution in [3.05, 3.63) is 76.3 Å². The molecule has 4 aliphatic rings. The molecule has 2 aromatic carbocycles. The Morgan fingerprint density at radius 3 is 2.54 bits per heavy atom. The lowest BCUT2D eigenvalue weighted by molar-refractivity contribution is -0.124. The Labute approximate surface area is 214 Å². The molecular formula is C29H28O8. The number of rotatable bonds is 4. The Hall–Kier alpha value is -3.94. The fourth-order valence-corrected chi connectivity index (χ4v) is 5.94. The first kappa shape index (κ1) is 23.5. The molecule has 2 aliphatic heterocycles. The van der Waals surface area contributed by atoms with Gasteiger partial charge >= 0.3 is 5.97 Å². The van der Waals surface area contributed by atoms with Gasteiger partial charge in [0, 0.05) is 17.0 Å². The fraction of sp³-hybridized carbons (Fsp3) is 0.379. The highest BCUT2D eigenvalue weighted by Gasteiger charge is 2.59. The molecule has 6 rings (SSSR count). The van der Waals surface area contributed by atoms with Crippen LogP contribution in [0.5, 0.6) is 17.2 Å². The smallest absolute Gasteiger partial charge is 0.338 e. The van der Waals surface area contributed by atoms with E-state index in [-0.39, 0.29) is 36.8 Å². The summed E-state index contributed by atoms with van der Waals surface area (Å²) in [5.74, 6) is 1.19. The minimum absolute atomic E-state index is 0.0374. The van der Waals surface area contributed by atoms with E-state index >= 15 is 0 Å². The maximum Gasteiger partial charge on any atom is 0.338 e. The Morgan fingerprint density at radius 2 is 1.81 bits per heavy atom. The SMILES string of the molecule is COC1=C(OC)C(=O)C23COc4c5c(cc(c42)[C@H](OC(=O)c2ccccc2)[C@@H](C)[C@@H](C)CC3=C1)OCO5. The van der Waals surface area contributed by atoms with Crippen LogP contribution in [0.25, 0.3) is 0 Å². The average molecular weight is 505 g/mol. The molecule has 2 aromatic rings. The molecule has 0 radical (unpaired) electrons. The number of ketones is 1. The van der Waals surface area contributed by atoms with Crippen LogP contribution in [0.3, 0.4) is 0 Å². The lowest BCUT2D eigenvalue weighted by atomic mass is 9.62. The van der Waals surface area contributed by atoms with Crippen LogP contribution < -0.4 is 14.2 Å². The molecule has 0 N–H and O–H groups in total. The second-order valence-corrected chi connectivity index (χ2v) is 9.93. The highest BCUT2D eigenvalue weighted by Crippen LogP contribution is 2.61. The summed E-state index contributed by atoms with van der Waals surface area (Å²) in [6.07, 6.45) is 1.82. The predicted octanol–water partition coefficient (Wildman–Crippen LogP) is 4.63. The zero-order valence-corrected chi connectivity index (χ0v) is 21.2. The van der Waals surface area contributed by atoms with Gasteiger partial charge in [0.15, 0.2) is 17.3 Å². The van der Waals surface area contributed by atoms with Crippen LogP contribution in [0.4, 0.5) is 0 Å². The molecule has 4 atom stereocenters. The summed E-state index contributed by atoms with van der Waals surface area (Å²) < 4.78 is 35.1. The summed E-state index contributed by atoms with van der Waals surface area (Å²) in [5, 5.41) is 0.